The topological polar surface area (TPSA) is 29.5 Å². The third kappa shape index (κ3) is 1.29. The van der Waals surface area contributed by atoms with Gasteiger partial charge in [-0.05, 0) is 6.42 Å². The van der Waals surface area contributed by atoms with Gasteiger partial charge in [-0.1, -0.05) is 0 Å². The molecule has 0 aromatic heterocycles. The lowest BCUT2D eigenvalue weighted by molar-refractivity contribution is -0.131. The Hall–Kier alpha value is -0.570. The van der Waals surface area contributed by atoms with E-state index >= 15 is 0 Å². The minimum atomic E-state index is 0.120. The first-order valence-electron chi connectivity index (χ1n) is 3.49. The molecule has 1 atom stereocenters. The molecule has 3 heteroatoms. The molecule has 0 bridgehead atoms. The number of likely N-dealkylation sites (tertiary alicyclic amines) is 1. The lowest BCUT2D eigenvalue weighted by Gasteiger charge is -2.08. The van der Waals surface area contributed by atoms with Crippen LogP contribution < -0.4 is 0 Å². The van der Waals surface area contributed by atoms with Gasteiger partial charge in [-0.25, -0.2) is 0 Å². The van der Waals surface area contributed by atoms with Gasteiger partial charge in [0.05, 0.1) is 12.5 Å². The SMILES string of the molecule is COCC1CCN(C)C1=O. The molecule has 0 aromatic carbocycles. The van der Waals surface area contributed by atoms with Crippen LogP contribution in [0, 0.1) is 5.92 Å². The van der Waals surface area contributed by atoms with Gasteiger partial charge in [0.15, 0.2) is 0 Å². The number of hydrogen-bond donors (Lipinski definition) is 0. The van der Waals surface area contributed by atoms with Crippen LogP contribution in [0.25, 0.3) is 0 Å². The second-order valence-corrected chi connectivity index (χ2v) is 2.70. The fourth-order valence-corrected chi connectivity index (χ4v) is 1.25. The van der Waals surface area contributed by atoms with E-state index in [-0.39, 0.29) is 11.8 Å². The lowest BCUT2D eigenvalue weighted by Crippen LogP contribution is -2.24. The van der Waals surface area contributed by atoms with Gasteiger partial charge in [0.2, 0.25) is 5.91 Å². The van der Waals surface area contributed by atoms with Crippen LogP contribution in [0.1, 0.15) is 6.42 Å². The number of carbonyl (C=O) groups excluding carboxylic acids is 1. The van der Waals surface area contributed by atoms with Crippen LogP contribution in [0.4, 0.5) is 0 Å². The van der Waals surface area contributed by atoms with Crippen LogP contribution in [0.5, 0.6) is 0 Å². The van der Waals surface area contributed by atoms with Gasteiger partial charge in [-0.15, -0.1) is 0 Å². The molecule has 1 aliphatic rings. The Kier molecular flexibility index (Phi) is 2.27. The van der Waals surface area contributed by atoms with E-state index in [9.17, 15) is 4.79 Å². The summed E-state index contributed by atoms with van der Waals surface area (Å²) in [5.74, 6) is 0.344. The van der Waals surface area contributed by atoms with Crippen LogP contribution in [0.3, 0.4) is 0 Å². The van der Waals surface area contributed by atoms with Crippen LogP contribution in [0.2, 0.25) is 0 Å². The summed E-state index contributed by atoms with van der Waals surface area (Å²) < 4.78 is 4.90. The molecular formula is C7H13NO2. The van der Waals surface area contributed by atoms with Crippen LogP contribution in [-0.2, 0) is 9.53 Å². The van der Waals surface area contributed by atoms with Crippen molar-refractivity contribution in [1.82, 2.24) is 4.90 Å². The number of ether oxygens (including phenoxy) is 1. The third-order valence-electron chi connectivity index (χ3n) is 1.91. The monoisotopic (exact) mass is 143 g/mol. The second kappa shape index (κ2) is 3.01. The molecular weight excluding hydrogens is 130 g/mol. The largest absolute Gasteiger partial charge is 0.384 e. The molecule has 0 aromatic rings. The predicted octanol–water partition coefficient (Wildman–Crippen LogP) is 0.111. The van der Waals surface area contributed by atoms with Crippen molar-refractivity contribution in [1.29, 1.82) is 0 Å². The average Bonchev–Trinajstić information content (AvgIpc) is 2.20. The Morgan fingerprint density at radius 3 is 2.90 bits per heavy atom. The molecule has 0 aliphatic carbocycles. The van der Waals surface area contributed by atoms with Crippen molar-refractivity contribution in [3.05, 3.63) is 0 Å². The molecule has 1 heterocycles. The van der Waals surface area contributed by atoms with E-state index in [1.807, 2.05) is 7.05 Å². The molecule has 3 nitrogen and oxygen atoms in total. The van der Waals surface area contributed by atoms with Crippen molar-refractivity contribution in [3.63, 3.8) is 0 Å². The van der Waals surface area contributed by atoms with E-state index in [0.717, 1.165) is 13.0 Å². The summed E-state index contributed by atoms with van der Waals surface area (Å²) in [6, 6.07) is 0. The van der Waals surface area contributed by atoms with E-state index in [2.05, 4.69) is 0 Å². The zero-order valence-corrected chi connectivity index (χ0v) is 6.46. The smallest absolute Gasteiger partial charge is 0.227 e. The number of carbonyl (C=O) groups is 1. The van der Waals surface area contributed by atoms with Crippen molar-refractivity contribution in [2.24, 2.45) is 5.92 Å². The van der Waals surface area contributed by atoms with Crippen LogP contribution in [0.15, 0.2) is 0 Å². The summed E-state index contributed by atoms with van der Waals surface area (Å²) in [6.07, 6.45) is 0.948. The number of hydrogen-bond acceptors (Lipinski definition) is 2. The third-order valence-corrected chi connectivity index (χ3v) is 1.91. The molecule has 10 heavy (non-hydrogen) atoms. The van der Waals surface area contributed by atoms with Crippen molar-refractivity contribution in [2.75, 3.05) is 27.3 Å². The van der Waals surface area contributed by atoms with Gasteiger partial charge in [0.25, 0.3) is 0 Å². The molecule has 0 saturated carbocycles. The number of amides is 1. The molecule has 1 fully saturated rings. The number of nitrogens with zero attached hydrogens (tertiary/aromatic N) is 1. The van der Waals surface area contributed by atoms with Gasteiger partial charge >= 0.3 is 0 Å². The molecule has 58 valence electrons. The van der Waals surface area contributed by atoms with Gasteiger partial charge in [0, 0.05) is 20.7 Å². The van der Waals surface area contributed by atoms with Crippen molar-refractivity contribution < 1.29 is 9.53 Å². The molecule has 0 spiro atoms. The Morgan fingerprint density at radius 1 is 1.80 bits per heavy atom. The summed E-state index contributed by atoms with van der Waals surface area (Å²) in [6.45, 7) is 1.45. The summed E-state index contributed by atoms with van der Waals surface area (Å²) >= 11 is 0. The summed E-state index contributed by atoms with van der Waals surface area (Å²) in [5.41, 5.74) is 0. The Bertz CT molecular complexity index is 134. The quantitative estimate of drug-likeness (QED) is 0.549. The summed E-state index contributed by atoms with van der Waals surface area (Å²) in [4.78, 5) is 12.9. The maximum atomic E-state index is 11.1. The zero-order valence-electron chi connectivity index (χ0n) is 6.46. The second-order valence-electron chi connectivity index (χ2n) is 2.70. The molecule has 1 unspecified atom stereocenters. The van der Waals surface area contributed by atoms with Gasteiger partial charge in [-0.3, -0.25) is 4.79 Å². The molecule has 1 rings (SSSR count). The minimum absolute atomic E-state index is 0.120. The van der Waals surface area contributed by atoms with Gasteiger partial charge in [-0.2, -0.15) is 0 Å². The first-order chi connectivity index (χ1) is 4.75. The molecule has 1 aliphatic heterocycles. The fraction of sp³-hybridized carbons (Fsp3) is 0.857. The molecule has 0 N–H and O–H groups in total. The first kappa shape index (κ1) is 7.54. The maximum Gasteiger partial charge on any atom is 0.227 e. The number of rotatable bonds is 2. The average molecular weight is 143 g/mol. The van der Waals surface area contributed by atoms with E-state index < -0.39 is 0 Å². The van der Waals surface area contributed by atoms with Crippen LogP contribution in [-0.4, -0.2) is 38.1 Å². The summed E-state index contributed by atoms with van der Waals surface area (Å²) in [7, 11) is 3.46. The van der Waals surface area contributed by atoms with Crippen LogP contribution >= 0.6 is 0 Å². The zero-order chi connectivity index (χ0) is 7.56. The normalized spacial score (nSPS) is 26.0. The van der Waals surface area contributed by atoms with Crippen molar-refractivity contribution >= 4 is 5.91 Å². The van der Waals surface area contributed by atoms with E-state index in [1.165, 1.54) is 0 Å². The minimum Gasteiger partial charge on any atom is -0.384 e. The van der Waals surface area contributed by atoms with E-state index in [0.29, 0.717) is 6.61 Å². The van der Waals surface area contributed by atoms with E-state index in [1.54, 1.807) is 12.0 Å². The highest BCUT2D eigenvalue weighted by molar-refractivity contribution is 5.80. The highest BCUT2D eigenvalue weighted by atomic mass is 16.5. The van der Waals surface area contributed by atoms with Crippen molar-refractivity contribution in [2.45, 2.75) is 6.42 Å². The fourth-order valence-electron chi connectivity index (χ4n) is 1.25. The van der Waals surface area contributed by atoms with E-state index in [4.69, 9.17) is 4.74 Å². The standard InChI is InChI=1S/C7H13NO2/c1-8-4-3-6(5-10-2)7(8)9/h6H,3-5H2,1-2H3. The molecule has 1 amide bonds. The summed E-state index contributed by atoms with van der Waals surface area (Å²) in [5, 5.41) is 0. The van der Waals surface area contributed by atoms with Crippen molar-refractivity contribution in [3.8, 4) is 0 Å². The highest BCUT2D eigenvalue weighted by Gasteiger charge is 2.28. The maximum absolute atomic E-state index is 11.1. The molecule has 0 radical (unpaired) electrons. The highest BCUT2D eigenvalue weighted by Crippen LogP contribution is 2.15. The Morgan fingerprint density at radius 2 is 2.50 bits per heavy atom. The number of methoxy groups -OCH3 is 1. The predicted molar refractivity (Wildman–Crippen MR) is 37.6 cm³/mol. The Labute approximate surface area is 61.0 Å². The van der Waals surface area contributed by atoms with Gasteiger partial charge in [0.1, 0.15) is 0 Å². The first-order valence-corrected chi connectivity index (χ1v) is 3.49. The Balaban J connectivity index is 2.41. The van der Waals surface area contributed by atoms with Gasteiger partial charge < -0.3 is 9.64 Å². The molecule has 1 saturated heterocycles. The lowest BCUT2D eigenvalue weighted by atomic mass is 10.1.